The van der Waals surface area contributed by atoms with E-state index >= 15 is 0 Å². The van der Waals surface area contributed by atoms with Gasteiger partial charge in [-0.15, -0.1) is 0 Å². The van der Waals surface area contributed by atoms with Gasteiger partial charge in [-0.2, -0.15) is 0 Å². The lowest BCUT2D eigenvalue weighted by atomic mass is 10.4. The Hall–Kier alpha value is -0.769. The van der Waals surface area contributed by atoms with Crippen LogP contribution in [0.4, 0.5) is 0 Å². The second-order valence-corrected chi connectivity index (χ2v) is 9.32. The molecule has 0 aliphatic rings. The van der Waals surface area contributed by atoms with E-state index in [0.717, 1.165) is 0 Å². The molecule has 6 heteroatoms. The average Bonchev–Trinajstić information content (AvgIpc) is 2.47. The third-order valence-corrected chi connectivity index (χ3v) is 7.25. The van der Waals surface area contributed by atoms with Crippen molar-refractivity contribution in [3.8, 4) is 0 Å². The van der Waals surface area contributed by atoms with E-state index in [1.54, 1.807) is 0 Å². The highest BCUT2D eigenvalue weighted by Gasteiger charge is 2.08. The molecule has 0 spiro atoms. The van der Waals surface area contributed by atoms with Gasteiger partial charge in [0.25, 0.3) is 0 Å². The number of benzene rings is 1. The van der Waals surface area contributed by atoms with Gasteiger partial charge in [-0.3, -0.25) is 0 Å². The number of hydrogen-bond acceptors (Lipinski definition) is 3. The van der Waals surface area contributed by atoms with Crippen LogP contribution in [0.1, 0.15) is 27.7 Å². The van der Waals surface area contributed by atoms with Crippen molar-refractivity contribution in [1.82, 2.24) is 0 Å². The molecule has 0 aliphatic heterocycles. The summed E-state index contributed by atoms with van der Waals surface area (Å²) in [6.07, 6.45) is -0.194. The molecule has 0 aromatic heterocycles. The Balaban J connectivity index is 2.38. The van der Waals surface area contributed by atoms with Crippen molar-refractivity contribution >= 4 is 34.5 Å². The van der Waals surface area contributed by atoms with Crippen molar-refractivity contribution in [2.45, 2.75) is 34.0 Å². The monoisotopic (exact) mass is 352 g/mol. The fraction of sp³-hybridized carbons (Fsp3) is 0.375. The van der Waals surface area contributed by atoms with Crippen LogP contribution in [0.5, 0.6) is 0 Å². The topological polar surface area (TPSA) is 27.7 Å². The Morgan fingerprint density at radius 2 is 1.50 bits per heavy atom. The van der Waals surface area contributed by atoms with Crippen molar-refractivity contribution in [2.24, 2.45) is 0 Å². The van der Waals surface area contributed by atoms with Gasteiger partial charge in [0.1, 0.15) is 0 Å². The van der Waals surface area contributed by atoms with Crippen LogP contribution in [0.25, 0.3) is 0 Å². The third kappa shape index (κ3) is 10.0. The van der Waals surface area contributed by atoms with Crippen LogP contribution in [0, 0.1) is 0 Å². The maximum Gasteiger partial charge on any atom is 0.192 e. The van der Waals surface area contributed by atoms with Gasteiger partial charge in [0, 0.05) is 0 Å². The zero-order valence-corrected chi connectivity index (χ0v) is 18.4. The molecule has 0 amide bonds. The number of allylic oxidation sites excluding steroid dienone is 2. The molecule has 1 rings (SSSR count). The van der Waals surface area contributed by atoms with Crippen LogP contribution in [0.2, 0.25) is 0 Å². The highest BCUT2D eigenvalue weighted by atomic mass is 28.2. The summed E-state index contributed by atoms with van der Waals surface area (Å²) in [5, 5.41) is 1.31. The zero-order valence-electron chi connectivity index (χ0n) is 14.2. The minimum absolute atomic E-state index is 0.194. The Morgan fingerprint density at radius 1 is 0.955 bits per heavy atom. The molecule has 0 saturated carbocycles. The predicted octanol–water partition coefficient (Wildman–Crippen LogP) is 0.787. The van der Waals surface area contributed by atoms with Gasteiger partial charge < -0.3 is 13.3 Å². The van der Waals surface area contributed by atoms with Crippen molar-refractivity contribution < 1.29 is 13.3 Å². The van der Waals surface area contributed by atoms with E-state index in [-0.39, 0.29) is 6.29 Å². The highest BCUT2D eigenvalue weighted by molar-refractivity contribution is 6.46. The van der Waals surface area contributed by atoms with Crippen LogP contribution in [0.3, 0.4) is 0 Å². The van der Waals surface area contributed by atoms with Crippen molar-refractivity contribution in [3.05, 3.63) is 52.9 Å². The fourth-order valence-electron chi connectivity index (χ4n) is 1.64. The normalized spacial score (nSPS) is 13.5. The molecule has 1 aromatic carbocycles. The summed E-state index contributed by atoms with van der Waals surface area (Å²) < 4.78 is 17.7. The summed E-state index contributed by atoms with van der Waals surface area (Å²) in [5.41, 5.74) is 7.03. The molecular weight excluding hydrogens is 324 g/mol. The zero-order chi connectivity index (χ0) is 16.2. The average molecular weight is 353 g/mol. The lowest BCUT2D eigenvalue weighted by molar-refractivity contribution is -0.0212. The molecule has 0 bridgehead atoms. The van der Waals surface area contributed by atoms with E-state index in [4.69, 9.17) is 13.3 Å². The first-order valence-corrected chi connectivity index (χ1v) is 11.8. The fourth-order valence-corrected chi connectivity index (χ4v) is 4.51. The molecule has 0 radical (unpaired) electrons. The van der Waals surface area contributed by atoms with E-state index in [2.05, 4.69) is 63.4 Å². The Labute approximate surface area is 141 Å². The smallest absolute Gasteiger partial charge is 0.192 e. The van der Waals surface area contributed by atoms with E-state index in [1.165, 1.54) is 16.3 Å². The summed E-state index contributed by atoms with van der Waals surface area (Å²) >= 11 is 0. The first-order chi connectivity index (χ1) is 10.6. The molecular formula is C16H28O3Si3. The van der Waals surface area contributed by atoms with E-state index in [0.29, 0.717) is 6.61 Å². The minimum Gasteiger partial charge on any atom is -0.413 e. The van der Waals surface area contributed by atoms with Gasteiger partial charge in [0.2, 0.25) is 0 Å². The van der Waals surface area contributed by atoms with Crippen LogP contribution in [-0.4, -0.2) is 42.2 Å². The second-order valence-electron chi connectivity index (χ2n) is 5.66. The third-order valence-electron chi connectivity index (χ3n) is 2.91. The second kappa shape index (κ2) is 11.8. The van der Waals surface area contributed by atoms with Crippen molar-refractivity contribution in [2.75, 3.05) is 6.61 Å². The molecule has 0 unspecified atom stereocenters. The van der Waals surface area contributed by atoms with Gasteiger partial charge in [-0.1, -0.05) is 52.9 Å². The Bertz CT molecular complexity index is 445. The van der Waals surface area contributed by atoms with Gasteiger partial charge in [0.05, 0.1) is 6.61 Å². The standard InChI is InChI=1S/C16H28O3Si3/c1-13(2)11-20-18-16(19-21-12-14(3)4)10-17-22-15-8-6-5-7-9-15/h5-9,11-12,16H,10,20-22H2,1-4H3. The minimum atomic E-state index is -0.692. The molecule has 0 aliphatic carbocycles. The first kappa shape index (κ1) is 19.3. The summed E-state index contributed by atoms with van der Waals surface area (Å²) in [7, 11) is -2.04. The SMILES string of the molecule is CC(C)=C[SiH2]OC(CO[SiH2]c1ccccc1)O[SiH2]C=C(C)C. The van der Waals surface area contributed by atoms with Crippen molar-refractivity contribution in [1.29, 1.82) is 0 Å². The molecule has 122 valence electrons. The highest BCUT2D eigenvalue weighted by Crippen LogP contribution is 1.98. The van der Waals surface area contributed by atoms with Gasteiger partial charge in [-0.25, -0.2) is 0 Å². The quantitative estimate of drug-likeness (QED) is 0.460. The molecule has 0 atom stereocenters. The van der Waals surface area contributed by atoms with Crippen LogP contribution in [-0.2, 0) is 13.3 Å². The summed E-state index contributed by atoms with van der Waals surface area (Å²) in [6.45, 7) is 8.95. The molecule has 0 fully saturated rings. The molecule has 3 nitrogen and oxygen atoms in total. The summed E-state index contributed by atoms with van der Waals surface area (Å²) in [5.74, 6) is 0. The number of hydrogen-bond donors (Lipinski definition) is 0. The Kier molecular flexibility index (Phi) is 10.3. The lowest BCUT2D eigenvalue weighted by Crippen LogP contribution is -2.29. The lowest BCUT2D eigenvalue weighted by Gasteiger charge is -2.18. The Morgan fingerprint density at radius 3 is 2.00 bits per heavy atom. The van der Waals surface area contributed by atoms with Crippen molar-refractivity contribution in [3.63, 3.8) is 0 Å². The molecule has 22 heavy (non-hydrogen) atoms. The van der Waals surface area contributed by atoms with Gasteiger partial charge >= 0.3 is 0 Å². The maximum atomic E-state index is 5.92. The molecule has 0 heterocycles. The van der Waals surface area contributed by atoms with Gasteiger partial charge in [-0.05, 0) is 32.9 Å². The molecule has 1 aromatic rings. The first-order valence-electron chi connectivity index (χ1n) is 7.69. The largest absolute Gasteiger partial charge is 0.413 e. The maximum absolute atomic E-state index is 5.92. The van der Waals surface area contributed by atoms with Gasteiger partial charge in [0.15, 0.2) is 35.6 Å². The summed E-state index contributed by atoms with van der Waals surface area (Å²) in [4.78, 5) is 0. The molecule has 0 N–H and O–H groups in total. The van der Waals surface area contributed by atoms with E-state index < -0.39 is 29.3 Å². The predicted molar refractivity (Wildman–Crippen MR) is 102 cm³/mol. The van der Waals surface area contributed by atoms with Crippen LogP contribution < -0.4 is 5.19 Å². The van der Waals surface area contributed by atoms with E-state index in [9.17, 15) is 0 Å². The van der Waals surface area contributed by atoms with E-state index in [1.807, 2.05) is 6.07 Å². The van der Waals surface area contributed by atoms with Crippen LogP contribution >= 0.6 is 0 Å². The summed E-state index contributed by atoms with van der Waals surface area (Å²) in [6, 6.07) is 10.4. The number of rotatable bonds is 10. The van der Waals surface area contributed by atoms with Crippen LogP contribution in [0.15, 0.2) is 52.9 Å². The molecule has 0 saturated heterocycles.